The van der Waals surface area contributed by atoms with Crippen LogP contribution in [0.1, 0.15) is 310 Å². The van der Waals surface area contributed by atoms with Crippen LogP contribution in [0.2, 0.25) is 0 Å². The van der Waals surface area contributed by atoms with Gasteiger partial charge in [-0.1, -0.05) is 316 Å². The van der Waals surface area contributed by atoms with Crippen LogP contribution in [0.5, 0.6) is 0 Å². The van der Waals surface area contributed by atoms with Crippen molar-refractivity contribution in [3.8, 4) is 0 Å². The Labute approximate surface area is 606 Å². The Morgan fingerprint density at radius 1 is 0.300 bits per heavy atom. The van der Waals surface area contributed by atoms with E-state index < -0.39 is 97.5 Å². The highest BCUT2D eigenvalue weighted by Crippen LogP contribution is 2.45. The Morgan fingerprint density at radius 3 is 0.890 bits per heavy atom. The fourth-order valence-electron chi connectivity index (χ4n) is 10.2. The van der Waals surface area contributed by atoms with E-state index in [1.807, 2.05) is 24.3 Å². The van der Waals surface area contributed by atoms with Crippen molar-refractivity contribution in [2.75, 3.05) is 39.6 Å². The number of unbranched alkanes of at least 4 members (excludes halogenated alkanes) is 27. The summed E-state index contributed by atoms with van der Waals surface area (Å²) in [6.07, 6.45) is 79.4. The molecule has 17 nitrogen and oxygen atoms in total. The molecule has 0 saturated heterocycles. The number of carbonyl (C=O) groups is 4. The van der Waals surface area contributed by atoms with Gasteiger partial charge in [-0.15, -0.1) is 0 Å². The highest BCUT2D eigenvalue weighted by molar-refractivity contribution is 7.47. The lowest BCUT2D eigenvalue weighted by atomic mass is 10.0. The number of phosphoric ester groups is 2. The van der Waals surface area contributed by atoms with Crippen LogP contribution in [0.3, 0.4) is 0 Å². The van der Waals surface area contributed by atoms with Gasteiger partial charge in [0.25, 0.3) is 0 Å². The first-order valence-electron chi connectivity index (χ1n) is 38.8. The summed E-state index contributed by atoms with van der Waals surface area (Å²) in [5.74, 6) is -2.38. The zero-order chi connectivity index (χ0) is 73.2. The highest BCUT2D eigenvalue weighted by Gasteiger charge is 2.30. The second kappa shape index (κ2) is 72.8. The van der Waals surface area contributed by atoms with Gasteiger partial charge in [-0.2, -0.15) is 0 Å². The molecule has 0 aromatic carbocycles. The highest BCUT2D eigenvalue weighted by atomic mass is 31.2. The van der Waals surface area contributed by atoms with Crippen LogP contribution in [0.4, 0.5) is 0 Å². The molecule has 100 heavy (non-hydrogen) atoms. The van der Waals surface area contributed by atoms with E-state index in [2.05, 4.69) is 113 Å². The monoisotopic (exact) mass is 1440 g/mol. The van der Waals surface area contributed by atoms with Crippen molar-refractivity contribution in [1.82, 2.24) is 0 Å². The van der Waals surface area contributed by atoms with E-state index in [1.54, 1.807) is 12.2 Å². The summed E-state index contributed by atoms with van der Waals surface area (Å²) in [5.41, 5.74) is 0. The minimum Gasteiger partial charge on any atom is -0.462 e. The van der Waals surface area contributed by atoms with E-state index in [9.17, 15) is 43.2 Å². The first kappa shape index (κ1) is 95.5. The van der Waals surface area contributed by atoms with Crippen molar-refractivity contribution in [3.63, 3.8) is 0 Å². The fourth-order valence-corrected chi connectivity index (χ4v) is 11.7. The average molecular weight is 1450 g/mol. The number of allylic oxidation sites excluding steroid dienone is 19. The quantitative estimate of drug-likeness (QED) is 0.0169. The molecule has 0 aromatic rings. The molecule has 19 heteroatoms. The molecule has 0 fully saturated rings. The Bertz CT molecular complexity index is 2370. The van der Waals surface area contributed by atoms with Crippen LogP contribution >= 0.6 is 15.6 Å². The standard InChI is InChI=1S/C81H138O17P2/c1-5-9-13-17-21-25-29-33-36-37-40-43-46-50-54-58-62-66-79(84)92-72-77(98-81(86)68-64-60-56-52-48-44-39-35-31-27-23-19-15-11-7-3)74-96-100(89,90)94-70-75(82)69-93-99(87,88)95-73-76(97-80(85)67-63-59-55-51-47-41-32-28-24-20-16-12-8-4)71-91-78(83)65-61-57-53-49-45-42-38-34-30-26-22-18-14-10-6-2/h9,11,13,15,21,23,25,27,33,35-36,39-40,43,48,50,52,54,60,64,75-77,82H,5-8,10,12,14,16-20,22,24,26,28-32,34,37-38,41-42,44-47,49,51,53,55-59,61-63,65-74H2,1-4H3,(H,87,88)(H,89,90)/b13-9-,15-11-,25-21-,27-23-,36-33-,39-35-,43-40-,52-48-,54-50-,64-60-. The van der Waals surface area contributed by atoms with Crippen molar-refractivity contribution in [1.29, 1.82) is 0 Å². The minimum absolute atomic E-state index is 0.0614. The predicted octanol–water partition coefficient (Wildman–Crippen LogP) is 22.3. The van der Waals surface area contributed by atoms with E-state index in [0.717, 1.165) is 103 Å². The van der Waals surface area contributed by atoms with Gasteiger partial charge in [0.15, 0.2) is 12.2 Å². The number of hydrogen-bond acceptors (Lipinski definition) is 15. The second-order valence-electron chi connectivity index (χ2n) is 25.6. The number of carbonyl (C=O) groups excluding carboxylic acids is 4. The molecule has 3 N–H and O–H groups in total. The molecule has 0 aliphatic carbocycles. The van der Waals surface area contributed by atoms with Gasteiger partial charge in [0.2, 0.25) is 0 Å². The van der Waals surface area contributed by atoms with Crippen molar-refractivity contribution >= 4 is 39.5 Å². The smallest absolute Gasteiger partial charge is 0.462 e. The summed E-state index contributed by atoms with van der Waals surface area (Å²) in [6, 6.07) is 0. The molecular formula is C81H138O17P2. The van der Waals surface area contributed by atoms with Crippen LogP contribution in [0.15, 0.2) is 122 Å². The third-order valence-electron chi connectivity index (χ3n) is 16.0. The summed E-state index contributed by atoms with van der Waals surface area (Å²) in [7, 11) is -9.99. The topological polar surface area (TPSA) is 237 Å². The van der Waals surface area contributed by atoms with Crippen LogP contribution in [-0.4, -0.2) is 96.7 Å². The van der Waals surface area contributed by atoms with E-state index in [1.165, 1.54) is 122 Å². The Kier molecular flexibility index (Phi) is 69.5. The van der Waals surface area contributed by atoms with Crippen molar-refractivity contribution in [3.05, 3.63) is 122 Å². The van der Waals surface area contributed by atoms with Gasteiger partial charge in [0, 0.05) is 19.3 Å². The Hall–Kier alpha value is -4.54. The van der Waals surface area contributed by atoms with Gasteiger partial charge in [-0.25, -0.2) is 9.13 Å². The van der Waals surface area contributed by atoms with Crippen LogP contribution in [-0.2, 0) is 65.4 Å². The number of ether oxygens (including phenoxy) is 4. The number of aliphatic hydroxyl groups excluding tert-OH is 1. The lowest BCUT2D eigenvalue weighted by molar-refractivity contribution is -0.161. The van der Waals surface area contributed by atoms with E-state index >= 15 is 0 Å². The van der Waals surface area contributed by atoms with Crippen molar-refractivity contribution in [2.24, 2.45) is 0 Å². The van der Waals surface area contributed by atoms with Crippen LogP contribution in [0.25, 0.3) is 0 Å². The van der Waals surface area contributed by atoms with Crippen LogP contribution < -0.4 is 0 Å². The maximum absolute atomic E-state index is 13.1. The SMILES string of the molecule is CC/C=C\C/C=C\C/C=C\C/C=C\C/C=C\CCCC(=O)OCC(COP(=O)(O)OCC(O)COP(=O)(O)OCC(COC(=O)CCCCCCCCCCCCCCCCC)OC(=O)CCCCCCCCCCCCCCC)OC(=O)C/C=C\C/C=C\C/C=C\C/C=C\C/C=C\CC. The summed E-state index contributed by atoms with van der Waals surface area (Å²) in [4.78, 5) is 72.8. The molecule has 0 radical (unpaired) electrons. The maximum atomic E-state index is 13.1. The third kappa shape index (κ3) is 71.8. The van der Waals surface area contributed by atoms with Gasteiger partial charge in [-0.05, 0) is 89.9 Å². The summed E-state index contributed by atoms with van der Waals surface area (Å²) < 4.78 is 68.3. The maximum Gasteiger partial charge on any atom is 0.472 e. The zero-order valence-corrected chi connectivity index (χ0v) is 64.4. The van der Waals surface area contributed by atoms with Crippen molar-refractivity contribution in [2.45, 2.75) is 329 Å². The van der Waals surface area contributed by atoms with Crippen LogP contribution in [0, 0.1) is 0 Å². The Balaban J connectivity index is 5.45. The third-order valence-corrected chi connectivity index (χ3v) is 17.9. The molecule has 0 heterocycles. The molecule has 574 valence electrons. The first-order chi connectivity index (χ1) is 48.7. The van der Waals surface area contributed by atoms with E-state index in [4.69, 9.17) is 37.0 Å². The number of aliphatic hydroxyl groups is 1. The fraction of sp³-hybridized carbons (Fsp3) is 0.704. The van der Waals surface area contributed by atoms with Crippen molar-refractivity contribution < 1.29 is 80.2 Å². The van der Waals surface area contributed by atoms with E-state index in [0.29, 0.717) is 32.1 Å². The molecular weight excluding hydrogens is 1310 g/mol. The molecule has 0 rings (SSSR count). The second-order valence-corrected chi connectivity index (χ2v) is 28.5. The normalized spacial score (nSPS) is 14.6. The molecule has 0 bridgehead atoms. The molecule has 0 aromatic heterocycles. The average Bonchev–Trinajstić information content (AvgIpc) is 1.06. The van der Waals surface area contributed by atoms with Gasteiger partial charge >= 0.3 is 39.5 Å². The summed E-state index contributed by atoms with van der Waals surface area (Å²) >= 11 is 0. The summed E-state index contributed by atoms with van der Waals surface area (Å²) in [6.45, 7) is 4.49. The molecule has 0 saturated carbocycles. The van der Waals surface area contributed by atoms with Gasteiger partial charge < -0.3 is 33.8 Å². The minimum atomic E-state index is -5.01. The van der Waals surface area contributed by atoms with Gasteiger partial charge in [0.05, 0.1) is 32.8 Å². The zero-order valence-electron chi connectivity index (χ0n) is 62.6. The number of esters is 4. The molecule has 5 unspecified atom stereocenters. The molecule has 0 spiro atoms. The molecule has 0 aliphatic rings. The molecule has 0 aliphatic heterocycles. The van der Waals surface area contributed by atoms with Gasteiger partial charge in [-0.3, -0.25) is 37.3 Å². The largest absolute Gasteiger partial charge is 0.472 e. The lowest BCUT2D eigenvalue weighted by Crippen LogP contribution is -2.30. The predicted molar refractivity (Wildman–Crippen MR) is 408 cm³/mol. The first-order valence-corrected chi connectivity index (χ1v) is 41.8. The number of phosphoric acid groups is 2. The number of hydrogen-bond donors (Lipinski definition) is 3. The molecule has 0 amide bonds. The van der Waals surface area contributed by atoms with Gasteiger partial charge in [0.1, 0.15) is 19.3 Å². The Morgan fingerprint density at radius 2 is 0.560 bits per heavy atom. The summed E-state index contributed by atoms with van der Waals surface area (Å²) in [5, 5.41) is 10.6. The van der Waals surface area contributed by atoms with E-state index in [-0.39, 0.29) is 25.7 Å². The molecule has 5 atom stereocenters. The number of rotatable bonds is 72. The lowest BCUT2D eigenvalue weighted by Gasteiger charge is -2.21.